The Morgan fingerprint density at radius 3 is 1.09 bits per heavy atom. The van der Waals surface area contributed by atoms with E-state index in [1.807, 2.05) is 33.3 Å². The molecule has 492 valence electrons. The van der Waals surface area contributed by atoms with Gasteiger partial charge in [0.05, 0.1) is 33.8 Å². The van der Waals surface area contributed by atoms with Gasteiger partial charge in [-0.2, -0.15) is 0 Å². The lowest BCUT2D eigenvalue weighted by Gasteiger charge is -2.30. The molecule has 0 aromatic carbocycles. The van der Waals surface area contributed by atoms with Crippen LogP contribution in [-0.4, -0.2) is 69.4 Å². The zero-order valence-corrected chi connectivity index (χ0v) is 57.2. The van der Waals surface area contributed by atoms with Gasteiger partial charge < -0.3 is 28.5 Å². The Bertz CT molecular complexity index is 1780. The fourth-order valence-corrected chi connectivity index (χ4v) is 10.7. The third-order valence-corrected chi connectivity index (χ3v) is 16.5. The summed E-state index contributed by atoms with van der Waals surface area (Å²) in [7, 11) is 1.17. The second-order valence-corrected chi connectivity index (χ2v) is 26.4. The Labute approximate surface area is 526 Å². The number of carbonyl (C=O) groups excluding carboxylic acids is 2. The van der Waals surface area contributed by atoms with Gasteiger partial charge in [-0.3, -0.25) is 14.2 Å². The number of esters is 1. The number of unbranched alkanes of at least 4 members (excludes halogenated alkanes) is 34. The number of allylic oxidation sites excluding steroid dienone is 15. The number of carbonyl (C=O) groups is 2. The molecule has 9 nitrogen and oxygen atoms in total. The number of likely N-dealkylation sites (N-methyl/N-ethyl adjacent to an activating group) is 1. The normalized spacial score (nSPS) is 14.1. The quantitative estimate of drug-likeness (QED) is 0.0212. The molecule has 0 radical (unpaired) electrons. The molecular weight excluding hydrogens is 1070 g/mol. The first-order valence-corrected chi connectivity index (χ1v) is 37.0. The lowest BCUT2D eigenvalue weighted by Crippen LogP contribution is -2.47. The van der Waals surface area contributed by atoms with Crippen molar-refractivity contribution in [2.75, 3.05) is 40.9 Å². The van der Waals surface area contributed by atoms with E-state index in [1.54, 1.807) is 0 Å². The van der Waals surface area contributed by atoms with E-state index in [9.17, 15) is 19.0 Å². The molecule has 0 spiro atoms. The highest BCUT2D eigenvalue weighted by atomic mass is 31.2. The lowest BCUT2D eigenvalue weighted by atomic mass is 10.0. The van der Waals surface area contributed by atoms with E-state index in [0.717, 1.165) is 109 Å². The molecule has 85 heavy (non-hydrogen) atoms. The number of phosphoric ester groups is 1. The van der Waals surface area contributed by atoms with Crippen LogP contribution in [0, 0.1) is 0 Å². The Balaban J connectivity index is 5.16. The van der Waals surface area contributed by atoms with Crippen molar-refractivity contribution < 1.29 is 37.3 Å². The average Bonchev–Trinajstić information content (AvgIpc) is 3.48. The molecule has 0 heterocycles. The van der Waals surface area contributed by atoms with Gasteiger partial charge in [-0.25, -0.2) is 0 Å². The summed E-state index contributed by atoms with van der Waals surface area (Å²) in [5.41, 5.74) is 0. The molecule has 0 saturated heterocycles. The van der Waals surface area contributed by atoms with E-state index in [-0.39, 0.29) is 24.9 Å². The lowest BCUT2D eigenvalue weighted by molar-refractivity contribution is -0.870. The minimum Gasteiger partial charge on any atom is -0.756 e. The Kier molecular flexibility index (Phi) is 61.6. The molecule has 0 rings (SSSR count). The van der Waals surface area contributed by atoms with E-state index < -0.39 is 26.6 Å². The molecule has 0 saturated carbocycles. The fourth-order valence-electron chi connectivity index (χ4n) is 9.98. The zero-order valence-electron chi connectivity index (χ0n) is 56.3. The van der Waals surface area contributed by atoms with Crippen molar-refractivity contribution in [3.63, 3.8) is 0 Å². The molecular formula is C75H135N2O7P. The second-order valence-electron chi connectivity index (χ2n) is 25.0. The number of hydrogen-bond acceptors (Lipinski definition) is 7. The fraction of sp³-hybridized carbons (Fsp3) is 0.760. The summed E-state index contributed by atoms with van der Waals surface area (Å²) >= 11 is 0. The Morgan fingerprint density at radius 1 is 0.412 bits per heavy atom. The maximum absolute atomic E-state index is 13.6. The first-order valence-electron chi connectivity index (χ1n) is 35.5. The first-order chi connectivity index (χ1) is 41.4. The van der Waals surface area contributed by atoms with Gasteiger partial charge in [0, 0.05) is 12.8 Å². The SMILES string of the molecule is CCCCC/C=C\C/C=C\C/C=C\C/C=C\CCCCCCCC(=O)OC(/C=C\CCCCCCCCCCCCC)C(COP(=O)([O-])OCC[N+](C)(C)C)NC(=O)CCCCCCCCCCCCCC/C=C\C/C=C\C/C=C\CCCCC. The predicted molar refractivity (Wildman–Crippen MR) is 367 cm³/mol. The van der Waals surface area contributed by atoms with Gasteiger partial charge in [0.25, 0.3) is 7.82 Å². The predicted octanol–water partition coefficient (Wildman–Crippen LogP) is 22.0. The first kappa shape index (κ1) is 81.9. The highest BCUT2D eigenvalue weighted by Crippen LogP contribution is 2.38. The van der Waals surface area contributed by atoms with Crippen molar-refractivity contribution in [1.29, 1.82) is 0 Å². The van der Waals surface area contributed by atoms with E-state index in [1.165, 1.54) is 167 Å². The topological polar surface area (TPSA) is 114 Å². The molecule has 3 atom stereocenters. The maximum atomic E-state index is 13.6. The van der Waals surface area contributed by atoms with Gasteiger partial charge >= 0.3 is 5.97 Å². The van der Waals surface area contributed by atoms with Crippen molar-refractivity contribution in [1.82, 2.24) is 5.32 Å². The summed E-state index contributed by atoms with van der Waals surface area (Å²) in [6, 6.07) is -0.904. The highest BCUT2D eigenvalue weighted by Gasteiger charge is 2.27. The zero-order chi connectivity index (χ0) is 62.1. The van der Waals surface area contributed by atoms with Crippen LogP contribution in [0.1, 0.15) is 316 Å². The van der Waals surface area contributed by atoms with E-state index >= 15 is 0 Å². The molecule has 1 N–H and O–H groups in total. The van der Waals surface area contributed by atoms with Crippen molar-refractivity contribution in [2.45, 2.75) is 328 Å². The van der Waals surface area contributed by atoms with Crippen molar-refractivity contribution in [2.24, 2.45) is 0 Å². The molecule has 0 aromatic rings. The van der Waals surface area contributed by atoms with E-state index in [4.69, 9.17) is 13.8 Å². The third kappa shape index (κ3) is 65.2. The molecule has 0 aliphatic carbocycles. The van der Waals surface area contributed by atoms with Crippen LogP contribution in [0.3, 0.4) is 0 Å². The minimum absolute atomic E-state index is 0.0295. The summed E-state index contributed by atoms with van der Waals surface area (Å²) < 4.78 is 30.4. The van der Waals surface area contributed by atoms with Gasteiger partial charge in [0.15, 0.2) is 0 Å². The summed E-state index contributed by atoms with van der Waals surface area (Å²) in [4.78, 5) is 40.2. The van der Waals surface area contributed by atoms with E-state index in [0.29, 0.717) is 23.9 Å². The van der Waals surface area contributed by atoms with Crippen molar-refractivity contribution >= 4 is 19.7 Å². The third-order valence-electron chi connectivity index (χ3n) is 15.5. The Hall–Kier alpha value is -3.07. The smallest absolute Gasteiger partial charge is 0.306 e. The van der Waals surface area contributed by atoms with Crippen LogP contribution in [0.15, 0.2) is 97.2 Å². The summed E-state index contributed by atoms with van der Waals surface area (Å²) in [5, 5.41) is 3.04. The molecule has 10 heteroatoms. The number of ether oxygens (including phenoxy) is 1. The molecule has 0 aromatic heterocycles. The second kappa shape index (κ2) is 63.9. The molecule has 0 aliphatic rings. The molecule has 3 unspecified atom stereocenters. The molecule has 1 amide bonds. The number of amides is 1. The van der Waals surface area contributed by atoms with Gasteiger partial charge in [-0.05, 0) is 115 Å². The van der Waals surface area contributed by atoms with Crippen LogP contribution in [0.25, 0.3) is 0 Å². The number of phosphoric acid groups is 1. The van der Waals surface area contributed by atoms with E-state index in [2.05, 4.69) is 111 Å². The van der Waals surface area contributed by atoms with Crippen LogP contribution in [0.4, 0.5) is 0 Å². The number of nitrogens with zero attached hydrogens (tertiary/aromatic N) is 1. The van der Waals surface area contributed by atoms with Gasteiger partial charge in [0.1, 0.15) is 19.3 Å². The number of nitrogens with one attached hydrogen (secondary N) is 1. The average molecular weight is 1210 g/mol. The van der Waals surface area contributed by atoms with Crippen LogP contribution in [-0.2, 0) is 27.9 Å². The van der Waals surface area contributed by atoms with Crippen LogP contribution >= 0.6 is 7.82 Å². The summed E-state index contributed by atoms with van der Waals surface area (Å²) in [6.07, 6.45) is 86.6. The maximum Gasteiger partial charge on any atom is 0.306 e. The summed E-state index contributed by atoms with van der Waals surface area (Å²) in [5.74, 6) is -0.560. The highest BCUT2D eigenvalue weighted by molar-refractivity contribution is 7.45. The van der Waals surface area contributed by atoms with Crippen molar-refractivity contribution in [3.05, 3.63) is 97.2 Å². The van der Waals surface area contributed by atoms with Crippen LogP contribution in [0.5, 0.6) is 0 Å². The largest absolute Gasteiger partial charge is 0.756 e. The molecule has 0 bridgehead atoms. The summed E-state index contributed by atoms with van der Waals surface area (Å²) in [6.45, 7) is 6.80. The van der Waals surface area contributed by atoms with Gasteiger partial charge in [-0.15, -0.1) is 0 Å². The monoisotopic (exact) mass is 1210 g/mol. The molecule has 0 fully saturated rings. The van der Waals surface area contributed by atoms with Crippen LogP contribution < -0.4 is 10.2 Å². The van der Waals surface area contributed by atoms with Crippen LogP contribution in [0.2, 0.25) is 0 Å². The number of hydrogen-bond donors (Lipinski definition) is 1. The van der Waals surface area contributed by atoms with Gasteiger partial charge in [0.2, 0.25) is 5.91 Å². The van der Waals surface area contributed by atoms with Crippen molar-refractivity contribution in [3.8, 4) is 0 Å². The standard InChI is InChI=1S/C75H135N2O7P/c1-7-10-13-16-19-22-25-28-30-32-34-36-37-38-39-41-42-44-46-49-52-55-58-61-64-67-74(78)76-72(71-83-85(80,81)82-70-69-77(4,5)6)73(66-63-60-57-54-51-48-27-24-21-18-15-12-9-3)84-75(79)68-65-62-59-56-53-50-47-45-43-40-35-33-31-29-26-23-20-17-14-11-8-2/h19-20,22-23,28-31,34-36,40,45,47,63,66,72-73H,7-18,21,24-27,32-33,37-39,41-44,46,48-62,64-65,67-71H2,1-6H3,(H-,76,78,80,81)/b22-19-,23-20-,30-28-,31-29-,36-34-,40-35-,47-45-,66-63-. The number of rotatable bonds is 64. The molecule has 0 aliphatic heterocycles. The Morgan fingerprint density at radius 2 is 0.718 bits per heavy atom. The van der Waals surface area contributed by atoms with Gasteiger partial charge in [-0.1, -0.05) is 285 Å². The minimum atomic E-state index is -4.72. The number of quaternary nitrogens is 1.